The van der Waals surface area contributed by atoms with Crippen LogP contribution in [0.4, 0.5) is 9.93 Å². The van der Waals surface area contributed by atoms with Gasteiger partial charge in [-0.1, -0.05) is 34.6 Å². The highest BCUT2D eigenvalue weighted by Crippen LogP contribution is 2.26. The van der Waals surface area contributed by atoms with Gasteiger partial charge in [-0.25, -0.2) is 9.78 Å². The summed E-state index contributed by atoms with van der Waals surface area (Å²) in [5.74, 6) is -1.55. The van der Waals surface area contributed by atoms with E-state index in [4.69, 9.17) is 5.11 Å². The molecule has 6 nitrogen and oxygen atoms in total. The van der Waals surface area contributed by atoms with Crippen LogP contribution in [0.3, 0.4) is 0 Å². The Morgan fingerprint density at radius 1 is 1.38 bits per heavy atom. The number of hydrogen-bond donors (Lipinski definition) is 3. The molecule has 0 aliphatic rings. The molecule has 3 N–H and O–H groups in total. The van der Waals surface area contributed by atoms with Crippen LogP contribution in [0.15, 0.2) is 5.38 Å². The van der Waals surface area contributed by atoms with Gasteiger partial charge in [-0.15, -0.1) is 11.3 Å². The summed E-state index contributed by atoms with van der Waals surface area (Å²) in [6, 6.07) is -0.434. The van der Waals surface area contributed by atoms with E-state index in [0.717, 1.165) is 5.69 Å². The van der Waals surface area contributed by atoms with Crippen molar-refractivity contribution in [2.45, 2.75) is 40.0 Å². The second-order valence-corrected chi connectivity index (χ2v) is 7.17. The summed E-state index contributed by atoms with van der Waals surface area (Å²) in [4.78, 5) is 27.2. The van der Waals surface area contributed by atoms with Crippen LogP contribution < -0.4 is 10.6 Å². The predicted octanol–water partition coefficient (Wildman–Crippen LogP) is 2.92. The van der Waals surface area contributed by atoms with Crippen LogP contribution in [0.25, 0.3) is 0 Å². The fourth-order valence-corrected chi connectivity index (χ4v) is 2.56. The van der Waals surface area contributed by atoms with Gasteiger partial charge in [0.25, 0.3) is 0 Å². The molecule has 0 aromatic carbocycles. The summed E-state index contributed by atoms with van der Waals surface area (Å²) in [5.41, 5.74) is 0.840. The number of aromatic nitrogens is 1. The van der Waals surface area contributed by atoms with Crippen LogP contribution in [0.2, 0.25) is 0 Å². The maximum absolute atomic E-state index is 11.8. The predicted molar refractivity (Wildman–Crippen MR) is 83.8 cm³/mol. The molecule has 0 aliphatic heterocycles. The molecule has 0 fully saturated rings. The minimum atomic E-state index is -0.908. The number of nitrogens with zero attached hydrogens (tertiary/aromatic N) is 1. The number of carbonyl (C=O) groups is 2. The van der Waals surface area contributed by atoms with Crippen molar-refractivity contribution in [1.29, 1.82) is 0 Å². The van der Waals surface area contributed by atoms with Gasteiger partial charge in [0.15, 0.2) is 5.13 Å². The summed E-state index contributed by atoms with van der Waals surface area (Å²) in [6.07, 6.45) is 0. The zero-order valence-corrected chi connectivity index (χ0v) is 13.9. The van der Waals surface area contributed by atoms with Crippen LogP contribution in [0, 0.1) is 11.8 Å². The lowest BCUT2D eigenvalue weighted by Crippen LogP contribution is -2.37. The van der Waals surface area contributed by atoms with Gasteiger partial charge in [0.1, 0.15) is 0 Å². The number of anilines is 1. The fraction of sp³-hybridized carbons (Fsp3) is 0.643. The average Bonchev–Trinajstić information content (AvgIpc) is 2.76. The largest absolute Gasteiger partial charge is 0.481 e. The van der Waals surface area contributed by atoms with Gasteiger partial charge in [0.2, 0.25) is 0 Å². The number of nitrogens with one attached hydrogen (secondary N) is 2. The molecular formula is C14H23N3O3S. The highest BCUT2D eigenvalue weighted by atomic mass is 32.1. The molecule has 2 amide bonds. The molecule has 1 heterocycles. The Balaban J connectivity index is 2.54. The van der Waals surface area contributed by atoms with Crippen molar-refractivity contribution in [2.24, 2.45) is 11.8 Å². The molecule has 21 heavy (non-hydrogen) atoms. The third-order valence-corrected chi connectivity index (χ3v) is 3.86. The van der Waals surface area contributed by atoms with Crippen LogP contribution in [-0.4, -0.2) is 28.6 Å². The Labute approximate surface area is 129 Å². The van der Waals surface area contributed by atoms with E-state index in [2.05, 4.69) is 15.6 Å². The first-order valence-electron chi connectivity index (χ1n) is 6.85. The van der Waals surface area contributed by atoms with Gasteiger partial charge >= 0.3 is 12.0 Å². The van der Waals surface area contributed by atoms with Crippen LogP contribution in [0.1, 0.15) is 40.3 Å². The van der Waals surface area contributed by atoms with E-state index in [1.165, 1.54) is 11.3 Å². The number of amides is 2. The number of urea groups is 1. The molecule has 7 heteroatoms. The molecule has 1 atom stereocenters. The zero-order chi connectivity index (χ0) is 16.2. The first-order chi connectivity index (χ1) is 9.61. The quantitative estimate of drug-likeness (QED) is 0.779. The van der Waals surface area contributed by atoms with E-state index in [9.17, 15) is 9.59 Å². The first-order valence-corrected chi connectivity index (χ1v) is 7.73. The van der Waals surface area contributed by atoms with E-state index in [-0.39, 0.29) is 17.9 Å². The molecule has 0 saturated heterocycles. The Bertz CT molecular complexity index is 506. The first kappa shape index (κ1) is 17.4. The Morgan fingerprint density at radius 2 is 2.00 bits per heavy atom. The highest BCUT2D eigenvalue weighted by molar-refractivity contribution is 7.13. The molecule has 0 radical (unpaired) electrons. The maximum Gasteiger partial charge on any atom is 0.321 e. The normalized spacial score (nSPS) is 13.0. The van der Waals surface area contributed by atoms with Crippen molar-refractivity contribution in [1.82, 2.24) is 10.3 Å². The molecule has 0 saturated carbocycles. The van der Waals surface area contributed by atoms with Gasteiger partial charge in [-0.3, -0.25) is 10.1 Å². The van der Waals surface area contributed by atoms with Crippen molar-refractivity contribution in [3.63, 3.8) is 0 Å². The van der Waals surface area contributed by atoms with Gasteiger partial charge in [0.05, 0.1) is 11.6 Å². The molecule has 0 aliphatic carbocycles. The van der Waals surface area contributed by atoms with E-state index in [1.54, 1.807) is 0 Å². The zero-order valence-electron chi connectivity index (χ0n) is 13.1. The number of carbonyl (C=O) groups excluding carboxylic acids is 1. The van der Waals surface area contributed by atoms with E-state index in [1.807, 2.05) is 40.0 Å². The third kappa shape index (κ3) is 5.34. The summed E-state index contributed by atoms with van der Waals surface area (Å²) in [7, 11) is 0. The lowest BCUT2D eigenvalue weighted by atomic mass is 9.93. The molecule has 1 aromatic rings. The molecular weight excluding hydrogens is 290 g/mol. The maximum atomic E-state index is 11.8. The second kappa shape index (κ2) is 6.89. The molecule has 1 aromatic heterocycles. The van der Waals surface area contributed by atoms with Crippen molar-refractivity contribution in [2.75, 3.05) is 11.9 Å². The lowest BCUT2D eigenvalue weighted by Gasteiger charge is -2.16. The molecule has 0 spiro atoms. The standard InChI is InChI=1S/C14H23N3O3S/c1-8(2)9(11(18)19)6-15-12(20)17-13-16-10(7-21-13)14(3,4)5/h7-9H,6H2,1-5H3,(H,18,19)(H2,15,16,17,20). The Kier molecular flexibility index (Phi) is 5.71. The molecule has 1 unspecified atom stereocenters. The van der Waals surface area contributed by atoms with Crippen LogP contribution in [-0.2, 0) is 10.2 Å². The Hall–Kier alpha value is -1.63. The number of thiazole rings is 1. The summed E-state index contributed by atoms with van der Waals surface area (Å²) in [6.45, 7) is 9.87. The minimum absolute atomic E-state index is 0.0462. The lowest BCUT2D eigenvalue weighted by molar-refractivity contribution is -0.142. The second-order valence-electron chi connectivity index (χ2n) is 6.31. The summed E-state index contributed by atoms with van der Waals surface area (Å²) < 4.78 is 0. The van der Waals surface area contributed by atoms with Crippen molar-refractivity contribution in [3.05, 3.63) is 11.1 Å². The van der Waals surface area contributed by atoms with Crippen molar-refractivity contribution < 1.29 is 14.7 Å². The SMILES string of the molecule is CC(C)C(CNC(=O)Nc1nc(C(C)(C)C)cs1)C(=O)O. The van der Waals surface area contributed by atoms with Crippen LogP contribution in [0.5, 0.6) is 0 Å². The number of carboxylic acid groups (broad SMARTS) is 1. The highest BCUT2D eigenvalue weighted by Gasteiger charge is 2.22. The topological polar surface area (TPSA) is 91.3 Å². The van der Waals surface area contributed by atoms with Gasteiger partial charge in [-0.2, -0.15) is 0 Å². The molecule has 118 valence electrons. The van der Waals surface area contributed by atoms with Gasteiger partial charge < -0.3 is 10.4 Å². The summed E-state index contributed by atoms with van der Waals surface area (Å²) >= 11 is 1.35. The Morgan fingerprint density at radius 3 is 2.43 bits per heavy atom. The van der Waals surface area contributed by atoms with Crippen molar-refractivity contribution >= 4 is 28.5 Å². The van der Waals surface area contributed by atoms with E-state index >= 15 is 0 Å². The van der Waals surface area contributed by atoms with Crippen molar-refractivity contribution in [3.8, 4) is 0 Å². The third-order valence-electron chi connectivity index (χ3n) is 3.10. The smallest absolute Gasteiger partial charge is 0.321 e. The number of rotatable bonds is 5. The van der Waals surface area contributed by atoms with Gasteiger partial charge in [0, 0.05) is 17.3 Å². The molecule has 1 rings (SSSR count). The fourth-order valence-electron chi connectivity index (χ4n) is 1.63. The number of aliphatic carboxylic acids is 1. The van der Waals surface area contributed by atoms with Gasteiger partial charge in [-0.05, 0) is 5.92 Å². The average molecular weight is 313 g/mol. The van der Waals surface area contributed by atoms with E-state index in [0.29, 0.717) is 5.13 Å². The van der Waals surface area contributed by atoms with Crippen LogP contribution >= 0.6 is 11.3 Å². The number of carboxylic acids is 1. The summed E-state index contributed by atoms with van der Waals surface area (Å²) in [5, 5.41) is 16.7. The van der Waals surface area contributed by atoms with E-state index < -0.39 is 17.9 Å². The minimum Gasteiger partial charge on any atom is -0.481 e. The number of hydrogen-bond acceptors (Lipinski definition) is 4. The molecule has 0 bridgehead atoms. The monoisotopic (exact) mass is 313 g/mol.